The van der Waals surface area contributed by atoms with Crippen molar-refractivity contribution in [1.82, 2.24) is 4.98 Å². The lowest BCUT2D eigenvalue weighted by Crippen LogP contribution is -2.75. The average molecular weight is 1130 g/mol. The van der Waals surface area contributed by atoms with Gasteiger partial charge in [0.05, 0.1) is 44.5 Å². The lowest BCUT2D eigenvalue weighted by Gasteiger charge is -2.46. The third kappa shape index (κ3) is 13.7. The van der Waals surface area contributed by atoms with Crippen molar-refractivity contribution in [3.8, 4) is 0 Å². The Morgan fingerprint density at radius 2 is 0.662 bits per heavy atom. The van der Waals surface area contributed by atoms with E-state index in [2.05, 4.69) is 17.6 Å². The van der Waals surface area contributed by atoms with Crippen molar-refractivity contribution < 1.29 is 115 Å². The number of hydrogen-bond acceptors (Lipinski definition) is 3. The van der Waals surface area contributed by atoms with Crippen LogP contribution in [0.3, 0.4) is 0 Å². The fourth-order valence-electron chi connectivity index (χ4n) is 7.58. The van der Waals surface area contributed by atoms with E-state index in [-0.39, 0.29) is 12.3 Å². The van der Waals surface area contributed by atoms with Crippen molar-refractivity contribution in [3.63, 3.8) is 0 Å². The molecule has 5 aromatic carbocycles. The second kappa shape index (κ2) is 20.2. The van der Waals surface area contributed by atoms with Crippen LogP contribution in [0.25, 0.3) is 0 Å². The Labute approximate surface area is 408 Å². The van der Waals surface area contributed by atoms with E-state index >= 15 is 0 Å². The molecule has 398 valence electrons. The molecule has 6 rings (SSSR count). The number of nitrogens with zero attached hydrogens (tertiary/aromatic N) is 1. The van der Waals surface area contributed by atoms with Gasteiger partial charge in [0.25, 0.3) is 0 Å². The van der Waals surface area contributed by atoms with E-state index < -0.39 is 195 Å². The fraction of sp³-hybridized carbons (Fsp3) is 0.205. The van der Waals surface area contributed by atoms with Crippen LogP contribution in [0.4, 0.5) is 105 Å². The van der Waals surface area contributed by atoms with Crippen LogP contribution in [0.1, 0.15) is 54.9 Å². The Morgan fingerprint density at radius 3 is 0.878 bits per heavy atom. The minimum Gasteiger partial charge on any atom is -0.332 e. The summed E-state index contributed by atoms with van der Waals surface area (Å²) >= 11 is 9.20. The summed E-state index contributed by atoms with van der Waals surface area (Å²) in [5.41, 5.74) is -29.5. The molecule has 30 heteroatoms. The minimum absolute atomic E-state index is 0.0453. The summed E-state index contributed by atoms with van der Waals surface area (Å²) in [7, 11) is 0. The van der Waals surface area contributed by atoms with Gasteiger partial charge < -0.3 is 4.98 Å². The molecule has 6 aromatic rings. The van der Waals surface area contributed by atoms with Gasteiger partial charge in [-0.3, -0.25) is 4.79 Å². The molecular weight excluding hydrogens is 1100 g/mol. The normalized spacial score (nSPS) is 13.4. The maximum atomic E-state index is 14.2. The second-order valence-corrected chi connectivity index (χ2v) is 16.7. The summed E-state index contributed by atoms with van der Waals surface area (Å²) in [5.74, 6) is 0.0453. The number of thiol groups is 1. The first kappa shape index (κ1) is 58.7. The predicted octanol–water partition coefficient (Wildman–Crippen LogP) is 13.4. The van der Waals surface area contributed by atoms with E-state index in [4.69, 9.17) is 12.2 Å². The highest BCUT2D eigenvalue weighted by molar-refractivity contribution is 7.80. The second-order valence-electron chi connectivity index (χ2n) is 15.8. The van der Waals surface area contributed by atoms with Crippen molar-refractivity contribution in [2.24, 2.45) is 0 Å². The number of rotatable bonds is 7. The summed E-state index contributed by atoms with van der Waals surface area (Å²) < 4.78 is 343. The third-order valence-corrected chi connectivity index (χ3v) is 11.1. The molecule has 0 aliphatic carbocycles. The highest BCUT2D eigenvalue weighted by Gasteiger charge is 2.47. The molecule has 0 atom stereocenters. The zero-order valence-corrected chi connectivity index (χ0v) is 37.2. The zero-order valence-electron chi connectivity index (χ0n) is 35.5. The highest BCUT2D eigenvalue weighted by Crippen LogP contribution is 2.41. The molecule has 1 aromatic heterocycles. The summed E-state index contributed by atoms with van der Waals surface area (Å²) in [5, 5.41) is 0.637. The number of halogens is 24. The molecule has 74 heavy (non-hydrogen) atoms. The molecule has 0 aliphatic rings. The van der Waals surface area contributed by atoms with Crippen LogP contribution in [0.2, 0.25) is 0 Å². The van der Waals surface area contributed by atoms with Crippen LogP contribution in [0.15, 0.2) is 121 Å². The van der Waals surface area contributed by atoms with E-state index in [0.717, 1.165) is 0 Å². The van der Waals surface area contributed by atoms with Gasteiger partial charge in [-0.2, -0.15) is 132 Å². The Kier molecular flexibility index (Phi) is 16.0. The van der Waals surface area contributed by atoms with Crippen LogP contribution < -0.4 is 26.4 Å². The Bertz CT molecular complexity index is 2660. The SMILES string of the molecule is FC(F)(F)c1cc([B-](c2cc(C(F)(F)F)cc(C(F)(F)F)c2)(c2cc(C(F)(F)F)cc(C(F)(F)F)c2)c2cc(C(F)(F)F)cc(C(F)(F)F)c2)cc(C(F)(F)F)c1.O=C(C[n+]1cc(S)[nH]c(=S)c1)c1ccccc1. The summed E-state index contributed by atoms with van der Waals surface area (Å²) in [6.45, 7) is 0.260. The van der Waals surface area contributed by atoms with Gasteiger partial charge in [-0.1, -0.05) is 91.1 Å². The zero-order chi connectivity index (χ0) is 56.2. The molecule has 1 heterocycles. The number of nitrogens with one attached hydrogen (secondary N) is 1. The van der Waals surface area contributed by atoms with Gasteiger partial charge in [-0.25, -0.2) is 0 Å². The van der Waals surface area contributed by atoms with Crippen LogP contribution in [0, 0.1) is 4.64 Å². The first-order chi connectivity index (χ1) is 33.4. The Balaban J connectivity index is 0.000000500. The van der Waals surface area contributed by atoms with Crippen LogP contribution in [-0.4, -0.2) is 16.9 Å². The molecule has 0 spiro atoms. The third-order valence-electron chi connectivity index (χ3n) is 10.7. The number of aromatic amines is 1. The molecular formula is C44H23BF24N2OS2. The summed E-state index contributed by atoms with van der Waals surface area (Å²) in [4.78, 5) is 14.8. The predicted molar refractivity (Wildman–Crippen MR) is 220 cm³/mol. The van der Waals surface area contributed by atoms with Gasteiger partial charge in [0.1, 0.15) is 11.2 Å². The highest BCUT2D eigenvalue weighted by atomic mass is 32.1. The summed E-state index contributed by atoms with van der Waals surface area (Å²) in [6, 6.07) is 0.366. The monoisotopic (exact) mass is 1130 g/mol. The molecule has 0 saturated heterocycles. The van der Waals surface area contributed by atoms with E-state index in [1.54, 1.807) is 29.1 Å². The van der Waals surface area contributed by atoms with Crippen molar-refractivity contribution in [1.29, 1.82) is 0 Å². The number of H-pyrrole nitrogens is 1. The molecule has 1 N–H and O–H groups in total. The lowest BCUT2D eigenvalue weighted by atomic mass is 9.12. The fourth-order valence-corrected chi connectivity index (χ4v) is 8.17. The largest absolute Gasteiger partial charge is 0.416 e. The summed E-state index contributed by atoms with van der Waals surface area (Å²) in [6.07, 6.45) is -51.4. The number of hydrogen-bond donors (Lipinski definition) is 2. The van der Waals surface area contributed by atoms with Crippen LogP contribution in [0.5, 0.6) is 0 Å². The molecule has 0 bridgehead atoms. The van der Waals surface area contributed by atoms with E-state index in [1.165, 1.54) is 0 Å². The van der Waals surface area contributed by atoms with Gasteiger partial charge in [-0.15, -0.1) is 12.6 Å². The first-order valence-corrected chi connectivity index (χ1v) is 20.5. The lowest BCUT2D eigenvalue weighted by molar-refractivity contribution is -0.686. The molecule has 3 nitrogen and oxygen atoms in total. The quantitative estimate of drug-likeness (QED) is 0.0417. The number of alkyl halides is 24. The van der Waals surface area contributed by atoms with Crippen LogP contribution in [-0.2, 0) is 56.0 Å². The molecule has 0 aliphatic heterocycles. The topological polar surface area (TPSA) is 36.7 Å². The first-order valence-electron chi connectivity index (χ1n) is 19.7. The number of benzene rings is 5. The molecule has 0 fully saturated rings. The molecule has 0 unspecified atom stereocenters. The number of carbonyl (C=O) groups is 1. The van der Waals surface area contributed by atoms with Gasteiger partial charge in [0.2, 0.25) is 18.5 Å². The Morgan fingerprint density at radius 1 is 0.419 bits per heavy atom. The van der Waals surface area contributed by atoms with Gasteiger partial charge in [-0.05, 0) is 24.3 Å². The van der Waals surface area contributed by atoms with E-state index in [1.807, 2.05) is 18.2 Å². The van der Waals surface area contributed by atoms with Crippen molar-refractivity contribution >= 4 is 58.6 Å². The van der Waals surface area contributed by atoms with Gasteiger partial charge in [0, 0.05) is 5.56 Å². The maximum absolute atomic E-state index is 14.2. The smallest absolute Gasteiger partial charge is 0.332 e. The number of Topliss-reactive ketones (excluding diaryl/α,β-unsaturated/α-hetero) is 1. The number of ketones is 1. The van der Waals surface area contributed by atoms with Crippen LogP contribution >= 0.6 is 24.8 Å². The van der Waals surface area contributed by atoms with Crippen molar-refractivity contribution in [2.45, 2.75) is 61.0 Å². The molecule has 0 amide bonds. The average Bonchev–Trinajstić information content (AvgIpc) is 3.24. The van der Waals surface area contributed by atoms with Crippen molar-refractivity contribution in [2.75, 3.05) is 0 Å². The minimum atomic E-state index is -6.13. The maximum Gasteiger partial charge on any atom is 0.416 e. The number of aromatic nitrogens is 2. The van der Waals surface area contributed by atoms with E-state index in [0.29, 0.717) is 15.2 Å². The van der Waals surface area contributed by atoms with Gasteiger partial charge in [0.15, 0.2) is 10.8 Å². The Hall–Kier alpha value is -6.20. The van der Waals surface area contributed by atoms with Crippen molar-refractivity contribution in [3.05, 3.63) is 170 Å². The molecule has 0 radical (unpaired) electrons. The van der Waals surface area contributed by atoms with Gasteiger partial charge >= 0.3 is 49.4 Å². The van der Waals surface area contributed by atoms with E-state index in [9.17, 15) is 110 Å². The number of carbonyl (C=O) groups excluding carboxylic acids is 1. The molecule has 0 saturated carbocycles. The standard InChI is InChI=1S/C32H12BF24.C12H10N2OS2/c34-25(35,36)13-1-14(26(37,38)39)6-21(5-13)33(22-7-15(27(40,41)42)2-16(8-22)28(43,44)45,23-9-17(29(46,47)48)3-18(10-23)30(49,50)51)24-11-19(31(52,53)54)4-20(12-24)32(55,56)57;15-10(9-4-2-1-3-5-9)6-14-7-11(16)13-12(17)8-14/h1-12H;1-5,7-8H,6H2,(H-,13,16,17)/q-1;/p+1.